The first-order valence-electron chi connectivity index (χ1n) is 7.16. The second-order valence-corrected chi connectivity index (χ2v) is 4.66. The largest absolute Gasteiger partial charge is 0.497 e. The number of hydrogen-bond acceptors (Lipinski definition) is 5. The van der Waals surface area contributed by atoms with E-state index in [9.17, 15) is 0 Å². The van der Waals surface area contributed by atoms with Gasteiger partial charge >= 0.3 is 0 Å². The Bertz CT molecular complexity index is 647. The lowest BCUT2D eigenvalue weighted by atomic mass is 10.2. The summed E-state index contributed by atoms with van der Waals surface area (Å²) < 4.78 is 10.2. The number of hydrazone groups is 2. The molecule has 3 N–H and O–H groups in total. The van der Waals surface area contributed by atoms with E-state index in [0.29, 0.717) is 0 Å². The van der Waals surface area contributed by atoms with Gasteiger partial charge in [-0.3, -0.25) is 5.41 Å². The van der Waals surface area contributed by atoms with Crippen molar-refractivity contribution in [3.05, 3.63) is 59.7 Å². The summed E-state index contributed by atoms with van der Waals surface area (Å²) >= 11 is 0. The molecule has 0 unspecified atom stereocenters. The molecule has 0 aliphatic carbocycles. The predicted molar refractivity (Wildman–Crippen MR) is 95.2 cm³/mol. The molecule has 0 bridgehead atoms. The normalized spacial score (nSPS) is 10.8. The summed E-state index contributed by atoms with van der Waals surface area (Å²) in [4.78, 5) is 0. The minimum atomic E-state index is -0.0375. The average molecular weight is 325 g/mol. The molecule has 0 saturated heterocycles. The monoisotopic (exact) mass is 325 g/mol. The van der Waals surface area contributed by atoms with Crippen LogP contribution in [0.1, 0.15) is 11.1 Å². The maximum atomic E-state index is 7.66. The van der Waals surface area contributed by atoms with E-state index in [1.165, 1.54) is 0 Å². The second-order valence-electron chi connectivity index (χ2n) is 4.66. The first-order chi connectivity index (χ1) is 11.7. The van der Waals surface area contributed by atoms with Gasteiger partial charge in [0.25, 0.3) is 0 Å². The molecule has 2 aromatic rings. The van der Waals surface area contributed by atoms with E-state index in [4.69, 9.17) is 14.9 Å². The summed E-state index contributed by atoms with van der Waals surface area (Å²) in [5.74, 6) is 1.52. The van der Waals surface area contributed by atoms with Crippen LogP contribution in [0.3, 0.4) is 0 Å². The molecule has 0 aliphatic rings. The van der Waals surface area contributed by atoms with Crippen LogP contribution in [0.15, 0.2) is 58.7 Å². The highest BCUT2D eigenvalue weighted by molar-refractivity contribution is 5.84. The Morgan fingerprint density at radius 2 is 1.17 bits per heavy atom. The molecule has 0 aliphatic heterocycles. The molecule has 24 heavy (non-hydrogen) atoms. The fourth-order valence-corrected chi connectivity index (χ4v) is 1.75. The van der Waals surface area contributed by atoms with E-state index < -0.39 is 0 Å². The Morgan fingerprint density at radius 3 is 1.50 bits per heavy atom. The van der Waals surface area contributed by atoms with Crippen LogP contribution in [-0.2, 0) is 0 Å². The topological polar surface area (TPSA) is 91.1 Å². The van der Waals surface area contributed by atoms with Gasteiger partial charge in [-0.05, 0) is 59.7 Å². The Balaban J connectivity index is 1.77. The van der Waals surface area contributed by atoms with Gasteiger partial charge in [0.2, 0.25) is 5.96 Å². The lowest BCUT2D eigenvalue weighted by Gasteiger charge is -2.02. The van der Waals surface area contributed by atoms with Crippen molar-refractivity contribution in [1.82, 2.24) is 10.9 Å². The zero-order valence-corrected chi connectivity index (χ0v) is 13.5. The molecule has 0 radical (unpaired) electrons. The number of methoxy groups -OCH3 is 2. The number of benzene rings is 2. The molecule has 0 aromatic heterocycles. The van der Waals surface area contributed by atoms with Crippen LogP contribution in [0.25, 0.3) is 0 Å². The minimum Gasteiger partial charge on any atom is -0.497 e. The molecule has 0 spiro atoms. The van der Waals surface area contributed by atoms with Gasteiger partial charge in [-0.1, -0.05) is 0 Å². The highest BCUT2D eigenvalue weighted by atomic mass is 16.5. The smallest absolute Gasteiger partial charge is 0.230 e. The Morgan fingerprint density at radius 1 is 0.792 bits per heavy atom. The van der Waals surface area contributed by atoms with Crippen molar-refractivity contribution < 1.29 is 9.47 Å². The zero-order chi connectivity index (χ0) is 17.2. The van der Waals surface area contributed by atoms with Crippen LogP contribution >= 0.6 is 0 Å². The number of ether oxygens (including phenoxy) is 2. The summed E-state index contributed by atoms with van der Waals surface area (Å²) in [6.07, 6.45) is 3.20. The fraction of sp³-hybridized carbons (Fsp3) is 0.118. The second kappa shape index (κ2) is 8.94. The molecule has 0 heterocycles. The van der Waals surface area contributed by atoms with Crippen molar-refractivity contribution in [1.29, 1.82) is 5.41 Å². The van der Waals surface area contributed by atoms with Crippen molar-refractivity contribution in [2.24, 2.45) is 10.2 Å². The summed E-state index contributed by atoms with van der Waals surface area (Å²) in [5.41, 5.74) is 6.86. The lowest BCUT2D eigenvalue weighted by Crippen LogP contribution is -2.29. The Kier molecular flexibility index (Phi) is 6.34. The van der Waals surface area contributed by atoms with E-state index in [0.717, 1.165) is 22.6 Å². The maximum Gasteiger partial charge on any atom is 0.230 e. The van der Waals surface area contributed by atoms with Gasteiger partial charge in [0, 0.05) is 0 Å². The van der Waals surface area contributed by atoms with Crippen molar-refractivity contribution >= 4 is 18.4 Å². The standard InChI is InChI=1S/C17H19N5O2/c1-23-15-7-3-13(4-8-15)11-19-21-17(18)22-20-12-14-5-9-16(24-2)10-6-14/h3-12H,1-2H3,(H3,18,21,22)/b19-11+,20-12+. The fourth-order valence-electron chi connectivity index (χ4n) is 1.75. The molecular weight excluding hydrogens is 306 g/mol. The van der Waals surface area contributed by atoms with Gasteiger partial charge in [0.1, 0.15) is 11.5 Å². The van der Waals surface area contributed by atoms with Crippen molar-refractivity contribution in [3.8, 4) is 11.5 Å². The van der Waals surface area contributed by atoms with Gasteiger partial charge in [-0.2, -0.15) is 10.2 Å². The predicted octanol–water partition coefficient (Wildman–Crippen LogP) is 2.19. The third kappa shape index (κ3) is 5.45. The molecule has 7 heteroatoms. The molecule has 0 fully saturated rings. The summed E-state index contributed by atoms with van der Waals surface area (Å²) in [6, 6.07) is 14.8. The first kappa shape index (κ1) is 17.0. The summed E-state index contributed by atoms with van der Waals surface area (Å²) in [5, 5.41) is 15.6. The van der Waals surface area contributed by atoms with Gasteiger partial charge < -0.3 is 9.47 Å². The number of nitrogens with one attached hydrogen (secondary N) is 3. The van der Waals surface area contributed by atoms with Crippen LogP contribution in [0.4, 0.5) is 0 Å². The third-order valence-corrected chi connectivity index (χ3v) is 3.01. The lowest BCUT2D eigenvalue weighted by molar-refractivity contribution is 0.414. The molecule has 7 nitrogen and oxygen atoms in total. The Labute approximate surface area is 140 Å². The van der Waals surface area contributed by atoms with Crippen LogP contribution in [0.5, 0.6) is 11.5 Å². The van der Waals surface area contributed by atoms with Crippen LogP contribution in [0.2, 0.25) is 0 Å². The molecular formula is C17H19N5O2. The average Bonchev–Trinajstić information content (AvgIpc) is 2.63. The number of nitrogens with zero attached hydrogens (tertiary/aromatic N) is 2. The molecule has 2 aromatic carbocycles. The number of hydrogen-bond donors (Lipinski definition) is 3. The van der Waals surface area contributed by atoms with E-state index >= 15 is 0 Å². The molecule has 0 atom stereocenters. The molecule has 0 amide bonds. The number of rotatable bonds is 6. The van der Waals surface area contributed by atoms with Crippen LogP contribution < -0.4 is 20.3 Å². The highest BCUT2D eigenvalue weighted by Crippen LogP contribution is 2.10. The van der Waals surface area contributed by atoms with E-state index in [2.05, 4.69) is 21.1 Å². The SMILES string of the molecule is COc1ccc(/C=N/NC(=N)N/N=C/c2ccc(OC)cc2)cc1. The maximum absolute atomic E-state index is 7.66. The van der Waals surface area contributed by atoms with Gasteiger partial charge in [0.05, 0.1) is 26.6 Å². The van der Waals surface area contributed by atoms with Gasteiger partial charge in [0.15, 0.2) is 0 Å². The van der Waals surface area contributed by atoms with E-state index in [1.54, 1.807) is 26.6 Å². The minimum absolute atomic E-state index is 0.0375. The van der Waals surface area contributed by atoms with Gasteiger partial charge in [-0.25, -0.2) is 10.9 Å². The Hall–Kier alpha value is -3.35. The summed E-state index contributed by atoms with van der Waals surface area (Å²) in [7, 11) is 3.23. The van der Waals surface area contributed by atoms with E-state index in [1.807, 2.05) is 48.5 Å². The van der Waals surface area contributed by atoms with E-state index in [-0.39, 0.29) is 5.96 Å². The van der Waals surface area contributed by atoms with Crippen molar-refractivity contribution in [2.75, 3.05) is 14.2 Å². The van der Waals surface area contributed by atoms with Crippen LogP contribution in [0, 0.1) is 5.41 Å². The van der Waals surface area contributed by atoms with Gasteiger partial charge in [-0.15, -0.1) is 0 Å². The first-order valence-corrected chi connectivity index (χ1v) is 7.16. The van der Waals surface area contributed by atoms with Crippen molar-refractivity contribution in [3.63, 3.8) is 0 Å². The zero-order valence-electron chi connectivity index (χ0n) is 13.5. The molecule has 0 saturated carbocycles. The molecule has 2 rings (SSSR count). The third-order valence-electron chi connectivity index (χ3n) is 3.01. The quantitative estimate of drug-likeness (QED) is 0.431. The van der Waals surface area contributed by atoms with Crippen molar-refractivity contribution in [2.45, 2.75) is 0 Å². The number of guanidine groups is 1. The molecule has 124 valence electrons. The summed E-state index contributed by atoms with van der Waals surface area (Å²) in [6.45, 7) is 0. The van der Waals surface area contributed by atoms with Crippen LogP contribution in [-0.4, -0.2) is 32.6 Å². The highest BCUT2D eigenvalue weighted by Gasteiger charge is 1.93.